The molecule has 8 nitrogen and oxygen atoms in total. The summed E-state index contributed by atoms with van der Waals surface area (Å²) in [6.45, 7) is 11.8. The third-order valence-electron chi connectivity index (χ3n) is 4.52. The maximum absolute atomic E-state index is 12.0. The number of carbonyl (C=O) groups is 3. The predicted octanol–water partition coefficient (Wildman–Crippen LogP) is 1.80. The first-order chi connectivity index (χ1) is 13.4. The molecule has 170 valence electrons. The highest BCUT2D eigenvalue weighted by molar-refractivity contribution is 5.81. The molecule has 0 aliphatic carbocycles. The summed E-state index contributed by atoms with van der Waals surface area (Å²) < 4.78 is 16.9. The average Bonchev–Trinajstić information content (AvgIpc) is 2.67. The van der Waals surface area contributed by atoms with E-state index in [0.29, 0.717) is 39.3 Å². The molecule has 0 aromatic rings. The van der Waals surface area contributed by atoms with Crippen molar-refractivity contribution < 1.29 is 28.6 Å². The monoisotopic (exact) mass is 416 g/mol. The molecule has 8 heteroatoms. The fraction of sp³-hybridized carbons (Fsp3) is 0.857. The van der Waals surface area contributed by atoms with Crippen LogP contribution < -0.4 is 5.32 Å². The first kappa shape index (κ1) is 27.5. The maximum atomic E-state index is 12.0. The van der Waals surface area contributed by atoms with E-state index in [-0.39, 0.29) is 36.2 Å². The van der Waals surface area contributed by atoms with Crippen molar-refractivity contribution in [3.8, 4) is 0 Å². The number of aldehydes is 1. The van der Waals surface area contributed by atoms with Gasteiger partial charge in [0.1, 0.15) is 6.29 Å². The van der Waals surface area contributed by atoms with E-state index in [0.717, 1.165) is 6.29 Å². The molecule has 0 heterocycles. The topological polar surface area (TPSA) is 94.2 Å². The van der Waals surface area contributed by atoms with Crippen molar-refractivity contribution in [1.82, 2.24) is 10.2 Å². The lowest BCUT2D eigenvalue weighted by Gasteiger charge is -2.31. The van der Waals surface area contributed by atoms with Crippen LogP contribution in [0.5, 0.6) is 0 Å². The average molecular weight is 417 g/mol. The van der Waals surface area contributed by atoms with Gasteiger partial charge in [0.25, 0.3) is 0 Å². The Balaban J connectivity index is 3.88. The standard InChI is InChI=1S/C21H40N2O6/c1-17(10-13-24)19(26)23(6)12-9-18(25)22-11-8-14-28-15-21(4,5)29-16-20(2,3)27-7/h13,17H,8-12,14-16H2,1-7H3,(H,22,25). The van der Waals surface area contributed by atoms with Gasteiger partial charge in [-0.2, -0.15) is 0 Å². The summed E-state index contributed by atoms with van der Waals surface area (Å²) in [7, 11) is 3.30. The summed E-state index contributed by atoms with van der Waals surface area (Å²) >= 11 is 0. The Kier molecular flexibility index (Phi) is 13.0. The molecular weight excluding hydrogens is 376 g/mol. The molecule has 2 amide bonds. The smallest absolute Gasteiger partial charge is 0.225 e. The van der Waals surface area contributed by atoms with E-state index in [1.165, 1.54) is 4.90 Å². The first-order valence-electron chi connectivity index (χ1n) is 10.2. The number of hydrogen-bond acceptors (Lipinski definition) is 6. The molecule has 0 aromatic heterocycles. The molecule has 0 aliphatic heterocycles. The minimum atomic E-state index is -0.419. The number of nitrogens with one attached hydrogen (secondary N) is 1. The number of methoxy groups -OCH3 is 1. The predicted molar refractivity (Wildman–Crippen MR) is 112 cm³/mol. The summed E-state index contributed by atoms with van der Waals surface area (Å²) in [4.78, 5) is 35.8. The lowest BCUT2D eigenvalue weighted by molar-refractivity contribution is -0.135. The van der Waals surface area contributed by atoms with Gasteiger partial charge in [-0.1, -0.05) is 6.92 Å². The SMILES string of the molecule is COC(C)(C)COC(C)(C)COCCCNC(=O)CCN(C)C(=O)C(C)CC=O. The van der Waals surface area contributed by atoms with Crippen LogP contribution in [0.4, 0.5) is 0 Å². The Morgan fingerprint density at radius 2 is 1.79 bits per heavy atom. The van der Waals surface area contributed by atoms with E-state index in [1.807, 2.05) is 27.7 Å². The van der Waals surface area contributed by atoms with Crippen molar-refractivity contribution in [2.75, 3.05) is 47.1 Å². The summed E-state index contributed by atoms with van der Waals surface area (Å²) in [5.41, 5.74) is -0.760. The van der Waals surface area contributed by atoms with Crippen LogP contribution in [0.1, 0.15) is 53.9 Å². The van der Waals surface area contributed by atoms with Crippen LogP contribution in [-0.2, 0) is 28.6 Å². The van der Waals surface area contributed by atoms with Crippen LogP contribution in [0.15, 0.2) is 0 Å². The molecule has 0 aliphatic rings. The second-order valence-corrected chi connectivity index (χ2v) is 8.58. The summed E-state index contributed by atoms with van der Waals surface area (Å²) in [5.74, 6) is -0.596. The summed E-state index contributed by atoms with van der Waals surface area (Å²) in [6, 6.07) is 0. The van der Waals surface area contributed by atoms with Crippen molar-refractivity contribution in [2.24, 2.45) is 5.92 Å². The molecule has 0 saturated heterocycles. The second kappa shape index (κ2) is 13.7. The molecular formula is C21H40N2O6. The molecule has 0 spiro atoms. The maximum Gasteiger partial charge on any atom is 0.225 e. The van der Waals surface area contributed by atoms with Gasteiger partial charge in [-0.05, 0) is 34.1 Å². The van der Waals surface area contributed by atoms with E-state index >= 15 is 0 Å². The van der Waals surface area contributed by atoms with E-state index < -0.39 is 5.60 Å². The van der Waals surface area contributed by atoms with Crippen LogP contribution in [0, 0.1) is 5.92 Å². The number of ether oxygens (including phenoxy) is 3. The quantitative estimate of drug-likeness (QED) is 0.305. The van der Waals surface area contributed by atoms with Gasteiger partial charge in [0.15, 0.2) is 0 Å². The number of amides is 2. The van der Waals surface area contributed by atoms with Gasteiger partial charge in [-0.15, -0.1) is 0 Å². The minimum absolute atomic E-state index is 0.113. The molecule has 0 rings (SSSR count). The number of hydrogen-bond donors (Lipinski definition) is 1. The van der Waals surface area contributed by atoms with Crippen molar-refractivity contribution in [3.63, 3.8) is 0 Å². The summed E-state index contributed by atoms with van der Waals surface area (Å²) in [6.07, 6.45) is 1.85. The highest BCUT2D eigenvalue weighted by Gasteiger charge is 2.24. The van der Waals surface area contributed by atoms with Gasteiger partial charge < -0.3 is 29.2 Å². The van der Waals surface area contributed by atoms with Gasteiger partial charge in [0.05, 0.1) is 24.4 Å². The van der Waals surface area contributed by atoms with Gasteiger partial charge in [-0.25, -0.2) is 0 Å². The highest BCUT2D eigenvalue weighted by atomic mass is 16.6. The van der Waals surface area contributed by atoms with Gasteiger partial charge in [0.2, 0.25) is 11.8 Å². The fourth-order valence-electron chi connectivity index (χ4n) is 2.28. The van der Waals surface area contributed by atoms with Crippen molar-refractivity contribution in [1.29, 1.82) is 0 Å². The van der Waals surface area contributed by atoms with Gasteiger partial charge in [-0.3, -0.25) is 9.59 Å². The first-order valence-corrected chi connectivity index (χ1v) is 10.2. The van der Waals surface area contributed by atoms with Crippen LogP contribution in [0.3, 0.4) is 0 Å². The largest absolute Gasteiger partial charge is 0.378 e. The molecule has 1 unspecified atom stereocenters. The van der Waals surface area contributed by atoms with E-state index in [4.69, 9.17) is 14.2 Å². The number of rotatable bonds is 16. The minimum Gasteiger partial charge on any atom is -0.378 e. The molecule has 1 atom stereocenters. The summed E-state index contributed by atoms with van der Waals surface area (Å²) in [5, 5.41) is 2.82. The Morgan fingerprint density at radius 1 is 1.14 bits per heavy atom. The lowest BCUT2D eigenvalue weighted by Crippen LogP contribution is -2.38. The Morgan fingerprint density at radius 3 is 2.38 bits per heavy atom. The fourth-order valence-corrected chi connectivity index (χ4v) is 2.28. The van der Waals surface area contributed by atoms with Crippen LogP contribution in [0.2, 0.25) is 0 Å². The molecule has 0 radical (unpaired) electrons. The Hall–Kier alpha value is -1.51. The second-order valence-electron chi connectivity index (χ2n) is 8.58. The van der Waals surface area contributed by atoms with Gasteiger partial charge in [0, 0.05) is 52.6 Å². The van der Waals surface area contributed by atoms with Crippen LogP contribution >= 0.6 is 0 Å². The van der Waals surface area contributed by atoms with E-state index in [9.17, 15) is 14.4 Å². The molecule has 0 aromatic carbocycles. The number of carbonyl (C=O) groups excluding carboxylic acids is 3. The zero-order chi connectivity index (χ0) is 22.5. The van der Waals surface area contributed by atoms with Crippen molar-refractivity contribution in [3.05, 3.63) is 0 Å². The molecule has 1 N–H and O–H groups in total. The van der Waals surface area contributed by atoms with Crippen molar-refractivity contribution in [2.45, 2.75) is 65.1 Å². The Labute approximate surface area is 175 Å². The normalized spacial score (nSPS) is 13.1. The van der Waals surface area contributed by atoms with Crippen LogP contribution in [0.25, 0.3) is 0 Å². The zero-order valence-electron chi connectivity index (χ0n) is 19.2. The van der Waals surface area contributed by atoms with E-state index in [1.54, 1.807) is 21.1 Å². The molecule has 0 saturated carbocycles. The Bertz CT molecular complexity index is 507. The number of nitrogens with zero attached hydrogens (tertiary/aromatic N) is 1. The third-order valence-corrected chi connectivity index (χ3v) is 4.52. The third kappa shape index (κ3) is 13.4. The van der Waals surface area contributed by atoms with Gasteiger partial charge >= 0.3 is 0 Å². The van der Waals surface area contributed by atoms with Crippen molar-refractivity contribution >= 4 is 18.1 Å². The molecule has 29 heavy (non-hydrogen) atoms. The van der Waals surface area contributed by atoms with E-state index in [2.05, 4.69) is 5.32 Å². The lowest BCUT2D eigenvalue weighted by atomic mass is 10.1. The highest BCUT2D eigenvalue weighted by Crippen LogP contribution is 2.16. The molecule has 0 fully saturated rings. The molecule has 0 bridgehead atoms. The van der Waals surface area contributed by atoms with Crippen LogP contribution in [-0.4, -0.2) is 81.3 Å². The zero-order valence-corrected chi connectivity index (χ0v) is 19.2.